The van der Waals surface area contributed by atoms with E-state index < -0.39 is 7.32 Å². The summed E-state index contributed by atoms with van der Waals surface area (Å²) in [5.41, 5.74) is 0. The molecule has 0 radical (unpaired) electrons. The van der Waals surface area contributed by atoms with Gasteiger partial charge in [-0.05, 0) is 0 Å². The Hall–Kier alpha value is 0.568. The van der Waals surface area contributed by atoms with Crippen LogP contribution < -0.4 is 0 Å². The van der Waals surface area contributed by atoms with Crippen LogP contribution >= 0.6 is 0 Å². The molecule has 3 N–H and O–H groups in total. The SMILES string of the molecule is OB(O)O.[Ru]. The first-order valence-electron chi connectivity index (χ1n) is 0.775. The first-order valence-corrected chi connectivity index (χ1v) is 0.775. The van der Waals surface area contributed by atoms with E-state index in [1.54, 1.807) is 0 Å². The van der Waals surface area contributed by atoms with Gasteiger partial charge in [0.05, 0.1) is 0 Å². The molecule has 0 aliphatic carbocycles. The van der Waals surface area contributed by atoms with Crippen molar-refractivity contribution in [2.24, 2.45) is 0 Å². The molecule has 0 saturated carbocycles. The minimum absolute atomic E-state index is 0. The van der Waals surface area contributed by atoms with Gasteiger partial charge in [0, 0.05) is 19.5 Å². The molecule has 0 saturated heterocycles. The molecule has 0 aliphatic heterocycles. The van der Waals surface area contributed by atoms with Crippen molar-refractivity contribution in [3.8, 4) is 0 Å². The molecule has 0 unspecified atom stereocenters. The average molecular weight is 163 g/mol. The van der Waals surface area contributed by atoms with Gasteiger partial charge in [-0.1, -0.05) is 0 Å². The Bertz CT molecular complexity index is 11.6. The predicted molar refractivity (Wildman–Crippen MR) is 12.4 cm³/mol. The van der Waals surface area contributed by atoms with Crippen molar-refractivity contribution in [2.45, 2.75) is 0 Å². The van der Waals surface area contributed by atoms with Crippen LogP contribution in [0.3, 0.4) is 0 Å². The molecule has 3 nitrogen and oxygen atoms in total. The van der Waals surface area contributed by atoms with E-state index in [9.17, 15) is 0 Å². The van der Waals surface area contributed by atoms with Gasteiger partial charge in [0.15, 0.2) is 0 Å². The normalized spacial score (nSPS) is 5.40. The standard InChI is InChI=1S/BH3O3.Ru/c2-1(3)4;/h2-4H;. The molecule has 0 amide bonds. The van der Waals surface area contributed by atoms with E-state index in [-0.39, 0.29) is 19.5 Å². The fraction of sp³-hybridized carbons (Fsp3) is 0. The predicted octanol–water partition coefficient (Wildman–Crippen LogP) is -2.05. The zero-order chi connectivity index (χ0) is 3.58. The van der Waals surface area contributed by atoms with Gasteiger partial charge in [-0.2, -0.15) is 0 Å². The Morgan fingerprint density at radius 1 is 1.00 bits per heavy atom. The van der Waals surface area contributed by atoms with E-state index in [1.807, 2.05) is 0 Å². The van der Waals surface area contributed by atoms with Gasteiger partial charge in [-0.3, -0.25) is 0 Å². The summed E-state index contributed by atoms with van der Waals surface area (Å²) in [4.78, 5) is 0. The summed E-state index contributed by atoms with van der Waals surface area (Å²) in [5.74, 6) is 0. The van der Waals surface area contributed by atoms with Gasteiger partial charge in [-0.25, -0.2) is 0 Å². The molecule has 0 atom stereocenters. The van der Waals surface area contributed by atoms with Crippen LogP contribution in [0.1, 0.15) is 0 Å². The molecule has 0 aromatic rings. The summed E-state index contributed by atoms with van der Waals surface area (Å²) in [6, 6.07) is 0. The molecule has 0 aliphatic rings. The van der Waals surface area contributed by atoms with Crippen molar-refractivity contribution >= 4 is 7.32 Å². The van der Waals surface area contributed by atoms with Crippen LogP contribution in [0.25, 0.3) is 0 Å². The number of hydrogen-bond acceptors (Lipinski definition) is 3. The molecule has 5 heteroatoms. The third kappa shape index (κ3) is 93.3. The summed E-state index contributed by atoms with van der Waals surface area (Å²) < 4.78 is 0. The van der Waals surface area contributed by atoms with E-state index >= 15 is 0 Å². The van der Waals surface area contributed by atoms with E-state index in [0.29, 0.717) is 0 Å². The molecular weight excluding hydrogens is 160 g/mol. The summed E-state index contributed by atoms with van der Waals surface area (Å²) in [6.45, 7) is 0. The summed E-state index contributed by atoms with van der Waals surface area (Å²) in [6.07, 6.45) is 0. The maximum atomic E-state index is 7.17. The second-order valence-electron chi connectivity index (χ2n) is 0.346. The van der Waals surface area contributed by atoms with E-state index in [1.165, 1.54) is 0 Å². The van der Waals surface area contributed by atoms with E-state index in [2.05, 4.69) is 0 Å². The maximum Gasteiger partial charge on any atom is 0.631 e. The number of hydrogen-bond donors (Lipinski definition) is 3. The molecule has 5 heavy (non-hydrogen) atoms. The fourth-order valence-corrected chi connectivity index (χ4v) is 0. The van der Waals surface area contributed by atoms with E-state index in [0.717, 1.165) is 0 Å². The van der Waals surface area contributed by atoms with Crippen molar-refractivity contribution in [2.75, 3.05) is 0 Å². The van der Waals surface area contributed by atoms with Crippen LogP contribution in [-0.4, -0.2) is 22.4 Å². The van der Waals surface area contributed by atoms with Crippen LogP contribution in [0.5, 0.6) is 0 Å². The molecule has 0 rings (SSSR count). The first kappa shape index (κ1) is 9.13. The van der Waals surface area contributed by atoms with Gasteiger partial charge in [0.1, 0.15) is 0 Å². The monoisotopic (exact) mass is 164 g/mol. The molecule has 0 aromatic heterocycles. The van der Waals surface area contributed by atoms with Crippen LogP contribution in [0, 0.1) is 0 Å². The minimum Gasteiger partial charge on any atom is -0.402 e. The molecule has 0 spiro atoms. The maximum absolute atomic E-state index is 7.17. The zero-order valence-corrected chi connectivity index (χ0v) is 4.01. The Labute approximate surface area is 42.6 Å². The van der Waals surface area contributed by atoms with Crippen LogP contribution in [-0.2, 0) is 19.5 Å². The Kier molecular flexibility index (Phi) is 8.34. The summed E-state index contributed by atoms with van der Waals surface area (Å²) in [5, 5.41) is 21.5. The van der Waals surface area contributed by atoms with Crippen LogP contribution in [0.4, 0.5) is 0 Å². The van der Waals surface area contributed by atoms with Crippen molar-refractivity contribution in [3.63, 3.8) is 0 Å². The van der Waals surface area contributed by atoms with Gasteiger partial charge in [-0.15, -0.1) is 0 Å². The van der Waals surface area contributed by atoms with Crippen LogP contribution in [0.15, 0.2) is 0 Å². The third-order valence-corrected chi connectivity index (χ3v) is 0. The Morgan fingerprint density at radius 3 is 1.00 bits per heavy atom. The third-order valence-electron chi connectivity index (χ3n) is 0. The fourth-order valence-electron chi connectivity index (χ4n) is 0. The van der Waals surface area contributed by atoms with E-state index in [4.69, 9.17) is 15.1 Å². The Balaban J connectivity index is 0. The molecule has 0 heterocycles. The van der Waals surface area contributed by atoms with Gasteiger partial charge >= 0.3 is 7.32 Å². The molecule has 0 fully saturated rings. The van der Waals surface area contributed by atoms with Gasteiger partial charge in [0.2, 0.25) is 0 Å². The van der Waals surface area contributed by atoms with Crippen molar-refractivity contribution in [3.05, 3.63) is 0 Å². The van der Waals surface area contributed by atoms with Crippen molar-refractivity contribution < 1.29 is 34.6 Å². The molecule has 0 aromatic carbocycles. The number of rotatable bonds is 0. The topological polar surface area (TPSA) is 60.7 Å². The van der Waals surface area contributed by atoms with Gasteiger partial charge in [0.25, 0.3) is 0 Å². The average Bonchev–Trinajstić information content (AvgIpc) is 0.811. The second kappa shape index (κ2) is 4.57. The van der Waals surface area contributed by atoms with Crippen LogP contribution in [0.2, 0.25) is 0 Å². The zero-order valence-electron chi connectivity index (χ0n) is 2.27. The Morgan fingerprint density at radius 2 is 1.00 bits per heavy atom. The quantitative estimate of drug-likeness (QED) is 0.360. The summed E-state index contributed by atoms with van der Waals surface area (Å²) in [7, 11) is -2.17. The summed E-state index contributed by atoms with van der Waals surface area (Å²) >= 11 is 0. The minimum atomic E-state index is -2.17. The van der Waals surface area contributed by atoms with Crippen molar-refractivity contribution in [1.29, 1.82) is 0 Å². The second-order valence-corrected chi connectivity index (χ2v) is 0.346. The smallest absolute Gasteiger partial charge is 0.402 e. The largest absolute Gasteiger partial charge is 0.631 e. The molecular formula is H3BO3Ru. The first-order chi connectivity index (χ1) is 1.73. The molecule has 32 valence electrons. The molecule has 0 bridgehead atoms. The van der Waals surface area contributed by atoms with Gasteiger partial charge < -0.3 is 15.1 Å². The van der Waals surface area contributed by atoms with Crippen molar-refractivity contribution in [1.82, 2.24) is 0 Å².